The summed E-state index contributed by atoms with van der Waals surface area (Å²) in [6.45, 7) is 30.2. The molecule has 0 saturated carbocycles. The largest absolute Gasteiger partial charge is 0.385 e. The van der Waals surface area contributed by atoms with E-state index in [4.69, 9.17) is 46.0 Å². The van der Waals surface area contributed by atoms with Crippen LogP contribution in [0.15, 0.2) is 79.9 Å². The van der Waals surface area contributed by atoms with E-state index in [0.29, 0.717) is 134 Å². The number of fused-ring (bicyclic) bond motifs is 10. The highest BCUT2D eigenvalue weighted by Gasteiger charge is 2.34. The van der Waals surface area contributed by atoms with Crippen molar-refractivity contribution in [1.29, 1.82) is 0 Å². The summed E-state index contributed by atoms with van der Waals surface area (Å²) in [6, 6.07) is 11.3. The number of Topliss-reactive ketones (excluding diaryl/α,β-unsaturated/α-hetero) is 5. The van der Waals surface area contributed by atoms with E-state index in [2.05, 4.69) is 120 Å². The lowest BCUT2D eigenvalue weighted by atomic mass is 9.96. The molecule has 6 atom stereocenters. The van der Waals surface area contributed by atoms with Gasteiger partial charge in [-0.1, -0.05) is 105 Å². The number of ether oxygens (including phenoxy) is 2. The van der Waals surface area contributed by atoms with Crippen molar-refractivity contribution >= 4 is 205 Å². The number of pyridine rings is 5. The number of hydrogen-bond acceptors (Lipinski definition) is 32. The lowest BCUT2D eigenvalue weighted by Crippen LogP contribution is -2.32. The summed E-state index contributed by atoms with van der Waals surface area (Å²) >= 11 is 23.6. The normalized spacial score (nSPS) is 15.9. The molecule has 0 unspecified atom stereocenters. The van der Waals surface area contributed by atoms with E-state index >= 15 is 0 Å². The minimum Gasteiger partial charge on any atom is -0.385 e. The number of halogens is 1. The molecule has 0 radical (unpaired) electrons. The summed E-state index contributed by atoms with van der Waals surface area (Å²) in [7, 11) is 3.44. The molecule has 15 aromatic heterocycles. The molecular weight excluding hydrogens is 2020 g/mol. The smallest absolute Gasteiger partial charge is 0.138 e. The van der Waals surface area contributed by atoms with Gasteiger partial charge in [0.2, 0.25) is 0 Å². The van der Waals surface area contributed by atoms with Crippen LogP contribution in [0.25, 0.3) is 104 Å². The fourth-order valence-corrected chi connectivity index (χ4v) is 32.0. The van der Waals surface area contributed by atoms with Gasteiger partial charge in [0.15, 0.2) is 0 Å². The molecule has 20 rings (SSSR count). The van der Waals surface area contributed by atoms with Gasteiger partial charge in [0.05, 0.1) is 54.5 Å². The molecule has 20 heterocycles. The Kier molecular flexibility index (Phi) is 40.6. The summed E-state index contributed by atoms with van der Waals surface area (Å²) in [6.07, 6.45) is 41.4. The minimum atomic E-state index is 0.307. The van der Waals surface area contributed by atoms with Gasteiger partial charge in [-0.05, 0) is 200 Å². The van der Waals surface area contributed by atoms with E-state index < -0.39 is 0 Å². The van der Waals surface area contributed by atoms with E-state index in [9.17, 15) is 24.0 Å². The molecule has 0 fully saturated rings. The highest BCUT2D eigenvalue weighted by atomic mass is 35.5. The van der Waals surface area contributed by atoms with Crippen LogP contribution in [0.1, 0.15) is 279 Å². The van der Waals surface area contributed by atoms with Crippen LogP contribution in [0, 0.1) is 24.7 Å². The van der Waals surface area contributed by atoms with Crippen molar-refractivity contribution < 1.29 is 33.4 Å². The quantitative estimate of drug-likeness (QED) is 0.0175. The van der Waals surface area contributed by atoms with Gasteiger partial charge >= 0.3 is 0 Å². The van der Waals surface area contributed by atoms with E-state index in [1.807, 2.05) is 109 Å². The Balaban J connectivity index is 0.000000130. The van der Waals surface area contributed by atoms with Gasteiger partial charge in [-0.2, -0.15) is 0 Å². The molecular formula is C112H138ClN15O7S10. The Hall–Kier alpha value is -7.94. The van der Waals surface area contributed by atoms with Crippen LogP contribution < -0.4 is 26.6 Å². The molecule has 0 spiro atoms. The Morgan fingerprint density at radius 1 is 0.386 bits per heavy atom. The van der Waals surface area contributed by atoms with Gasteiger partial charge in [-0.15, -0.1) is 113 Å². The first-order valence-corrected chi connectivity index (χ1v) is 60.7. The lowest BCUT2D eigenvalue weighted by molar-refractivity contribution is -0.119. The monoisotopic (exact) mass is 2160 g/mol. The Labute approximate surface area is 898 Å². The van der Waals surface area contributed by atoms with Crippen molar-refractivity contribution in [1.82, 2.24) is 76.4 Å². The number of aromatic nitrogens is 10. The van der Waals surface area contributed by atoms with Gasteiger partial charge in [0.1, 0.15) is 86.7 Å². The second-order valence-electron chi connectivity index (χ2n) is 39.5. The topological polar surface area (TPSA) is 293 Å². The van der Waals surface area contributed by atoms with Crippen LogP contribution in [0.3, 0.4) is 0 Å². The molecule has 0 amide bonds. The highest BCUT2D eigenvalue weighted by Crippen LogP contribution is 2.50. The number of rotatable bonds is 42. The molecule has 5 aliphatic rings. The van der Waals surface area contributed by atoms with Gasteiger partial charge in [0, 0.05) is 237 Å². The van der Waals surface area contributed by atoms with Crippen molar-refractivity contribution in [3.63, 3.8) is 0 Å². The fourth-order valence-electron chi connectivity index (χ4n) is 19.4. The number of methoxy groups -OCH3 is 2. The maximum atomic E-state index is 12.8. The first-order chi connectivity index (χ1) is 70.5. The predicted octanol–water partition coefficient (Wildman–Crippen LogP) is 27.2. The third-order valence-electron chi connectivity index (χ3n) is 28.1. The molecule has 15 aromatic rings. The number of thiazole rings is 5. The first-order valence-electron chi connectivity index (χ1n) is 52.1. The fraction of sp³-hybridized carbons (Fsp3) is 0.509. The second kappa shape index (κ2) is 53.7. The van der Waals surface area contributed by atoms with Crippen LogP contribution in [-0.2, 0) is 124 Å². The average molecular weight is 2160 g/mol. The Morgan fingerprint density at radius 3 is 1.11 bits per heavy atom. The molecule has 33 heteroatoms. The second-order valence-corrected chi connectivity index (χ2v) is 50.9. The zero-order chi connectivity index (χ0) is 102. The summed E-state index contributed by atoms with van der Waals surface area (Å²) < 4.78 is 15.8. The van der Waals surface area contributed by atoms with Crippen molar-refractivity contribution in [3.8, 4) is 52.9 Å². The maximum Gasteiger partial charge on any atom is 0.138 e. The van der Waals surface area contributed by atoms with Gasteiger partial charge in [0.25, 0.3) is 0 Å². The molecule has 5 N–H and O–H groups in total. The van der Waals surface area contributed by atoms with Gasteiger partial charge < -0.3 is 36.1 Å². The maximum absolute atomic E-state index is 12.8. The number of nitrogens with one attached hydrogen (secondary N) is 5. The lowest BCUT2D eigenvalue weighted by Gasteiger charge is -2.20. The van der Waals surface area contributed by atoms with E-state index in [1.165, 1.54) is 119 Å². The van der Waals surface area contributed by atoms with Crippen LogP contribution in [0.5, 0.6) is 0 Å². The van der Waals surface area contributed by atoms with Gasteiger partial charge in [-0.3, -0.25) is 43.9 Å². The van der Waals surface area contributed by atoms with Crippen molar-refractivity contribution in [2.24, 2.45) is 17.8 Å². The number of hydrogen-bond donors (Lipinski definition) is 5. The molecule has 5 aliphatic heterocycles. The van der Waals surface area contributed by atoms with Crippen LogP contribution in [-0.4, -0.2) is 138 Å². The highest BCUT2D eigenvalue weighted by molar-refractivity contribution is 7.24. The van der Waals surface area contributed by atoms with Crippen LogP contribution in [0.4, 0.5) is 0 Å². The Morgan fingerprint density at radius 2 is 0.724 bits per heavy atom. The third-order valence-corrected chi connectivity index (χ3v) is 39.9. The van der Waals surface area contributed by atoms with Gasteiger partial charge in [-0.25, -0.2) is 29.9 Å². The molecule has 770 valence electrons. The average Bonchev–Trinajstić information content (AvgIpc) is 1.62. The predicted molar refractivity (Wildman–Crippen MR) is 609 cm³/mol. The Bertz CT molecular complexity index is 6510. The number of ketones is 5. The standard InChI is InChI=1S/3C23H29N3OS2.C22H27N3O2S2.C21H24ClN3O2S2/c1-4-14(2)6-5-7-16(27)12-20-21(17-8-11-25-15(3)22(17)28-20)23-26-18-13-24-10-9-19(18)29-23;2*1-4-14(2)6-5-7-16(27)11-20-22(17-10-15(3)25-13-21(17)28-20)23-26-18-12-24-9-8-19(18)29-23;1-14-10-18-17(12-24-14)25-22(29-18)21-16-7-8-23-13-20(16)28-19(21)11-15(26)6-4-3-5-9-27-2;1-27-8-4-2-3-5-13(26)9-17-20(14-6-7-23-12-18(14)28-17)21-25-15-11-24-19(22)10-16(15)29-21/h9-10,13-15,25H,4-8,11-12H2,1-3H3;2*8-9,12,14-15,25H,4-7,10-11,13H2,1-3H3;10,12,23H,3-9,11,13H2,1-2H3;10-11,23H,2-9,12H2,1H3/t2*14-,15+;14-,15-;;/m000../s1. The zero-order valence-electron chi connectivity index (χ0n) is 85.8. The first kappa shape index (κ1) is 110. The summed E-state index contributed by atoms with van der Waals surface area (Å²) in [5.74, 6) is 3.82. The molecule has 0 aliphatic carbocycles. The number of carbonyl (C=O) groups is 5. The number of aryl methyl sites for hydroxylation is 1. The molecule has 0 bridgehead atoms. The number of nitrogens with zero attached hydrogens (tertiary/aromatic N) is 10. The van der Waals surface area contributed by atoms with Crippen LogP contribution >= 0.6 is 125 Å². The molecule has 22 nitrogen and oxygen atoms in total. The SMILES string of the molecule is CC[C@H](C)CCCC(=O)Cc1sc2c(c1-c1nc3cnccc3s1)CCN[C@@H]2C.CC[C@H](C)CCCC(=O)Cc1sc2c(c1-c1nc3cnccc3s1)C[C@@H](C)NC2.CC[C@H](C)CCCC(=O)Cc1sc2c(c1-c1nc3cnccc3s1)C[C@H](C)NC2.COCCCCCC(=O)Cc1sc2c(c1-c1nc3cnc(C)cc3s1)CCNC2.COCCCCCC(=O)Cc1sc2c(c1-c1nc3cnc(Cl)cc3s1)CCNC2. The number of carbonyl (C=O) groups excluding carboxylic acids is 5. The van der Waals surface area contributed by atoms with E-state index in [1.54, 1.807) is 99.8 Å². The van der Waals surface area contributed by atoms with Crippen LogP contribution in [0.2, 0.25) is 5.15 Å². The molecule has 0 saturated heterocycles. The van der Waals surface area contributed by atoms with E-state index in [-0.39, 0.29) is 0 Å². The minimum absolute atomic E-state index is 0.307. The summed E-state index contributed by atoms with van der Waals surface area (Å²) in [5, 5.41) is 23.2. The zero-order valence-corrected chi connectivity index (χ0v) is 94.8. The third kappa shape index (κ3) is 28.9. The molecule has 145 heavy (non-hydrogen) atoms. The van der Waals surface area contributed by atoms with Crippen molar-refractivity contribution in [3.05, 3.63) is 167 Å². The number of thiophene rings is 5. The number of unbranched alkanes of at least 4 members (excludes halogenated alkanes) is 4. The molecule has 0 aromatic carbocycles. The van der Waals surface area contributed by atoms with E-state index in [0.717, 1.165) is 255 Å². The summed E-state index contributed by atoms with van der Waals surface area (Å²) in [5.41, 5.74) is 18.7. The van der Waals surface area contributed by atoms with Crippen molar-refractivity contribution in [2.75, 3.05) is 47.1 Å². The van der Waals surface area contributed by atoms with Crippen molar-refractivity contribution in [2.45, 2.75) is 306 Å². The summed E-state index contributed by atoms with van der Waals surface area (Å²) in [4.78, 5) is 122.